The predicted octanol–water partition coefficient (Wildman–Crippen LogP) is 2.04. The van der Waals surface area contributed by atoms with E-state index in [-0.39, 0.29) is 18.1 Å². The number of carbonyl (C=O) groups excluding carboxylic acids is 2. The summed E-state index contributed by atoms with van der Waals surface area (Å²) in [4.78, 5) is 37.1. The van der Waals surface area contributed by atoms with Gasteiger partial charge in [0.15, 0.2) is 0 Å². The van der Waals surface area contributed by atoms with Gasteiger partial charge in [0.05, 0.1) is 12.1 Å². The van der Waals surface area contributed by atoms with E-state index in [9.17, 15) is 14.4 Å². The van der Waals surface area contributed by atoms with Crippen LogP contribution in [0.3, 0.4) is 0 Å². The summed E-state index contributed by atoms with van der Waals surface area (Å²) in [6.07, 6.45) is 0.0335. The van der Waals surface area contributed by atoms with Gasteiger partial charge in [0.25, 0.3) is 0 Å². The predicted molar refractivity (Wildman–Crippen MR) is 93.6 cm³/mol. The van der Waals surface area contributed by atoms with E-state index in [2.05, 4.69) is 0 Å². The van der Waals surface area contributed by atoms with Crippen molar-refractivity contribution in [1.29, 1.82) is 0 Å². The van der Waals surface area contributed by atoms with E-state index in [0.717, 1.165) is 5.56 Å². The molecule has 25 heavy (non-hydrogen) atoms. The first-order chi connectivity index (χ1) is 11.7. The van der Waals surface area contributed by atoms with Crippen LogP contribution in [0.1, 0.15) is 34.2 Å². The lowest BCUT2D eigenvalue weighted by molar-refractivity contribution is -0.148. The number of carbonyl (C=O) groups is 3. The van der Waals surface area contributed by atoms with Crippen molar-refractivity contribution in [2.75, 3.05) is 7.05 Å². The molecule has 2 rings (SSSR count). The molecule has 1 aromatic carbocycles. The topological polar surface area (TPSA) is 79.6 Å². The molecule has 6 nitrogen and oxygen atoms in total. The Labute approximate surface area is 146 Å². The Morgan fingerprint density at radius 2 is 1.72 bits per heavy atom. The van der Waals surface area contributed by atoms with Crippen LogP contribution in [-0.2, 0) is 23.1 Å². The summed E-state index contributed by atoms with van der Waals surface area (Å²) >= 11 is 0. The molecule has 0 aliphatic rings. The monoisotopic (exact) mass is 342 g/mol. The number of carboxylic acids is 1. The molecule has 2 aromatic rings. The van der Waals surface area contributed by atoms with Crippen molar-refractivity contribution < 1.29 is 19.5 Å². The molecular weight excluding hydrogens is 320 g/mol. The van der Waals surface area contributed by atoms with E-state index in [1.165, 1.54) is 18.9 Å². The van der Waals surface area contributed by atoms with E-state index in [0.29, 0.717) is 17.0 Å². The second-order valence-electron chi connectivity index (χ2n) is 6.16. The van der Waals surface area contributed by atoms with Crippen molar-refractivity contribution in [3.05, 3.63) is 58.9 Å². The van der Waals surface area contributed by atoms with E-state index in [1.54, 1.807) is 35.9 Å². The van der Waals surface area contributed by atoms with Crippen LogP contribution in [0.25, 0.3) is 0 Å². The van der Waals surface area contributed by atoms with Crippen LogP contribution in [0.5, 0.6) is 0 Å². The van der Waals surface area contributed by atoms with Gasteiger partial charge in [-0.05, 0) is 26.0 Å². The van der Waals surface area contributed by atoms with Gasteiger partial charge in [-0.15, -0.1) is 0 Å². The summed E-state index contributed by atoms with van der Waals surface area (Å²) in [7, 11) is 3.19. The van der Waals surface area contributed by atoms with Crippen LogP contribution in [0, 0.1) is 6.92 Å². The molecule has 0 radical (unpaired) electrons. The van der Waals surface area contributed by atoms with E-state index in [4.69, 9.17) is 5.11 Å². The number of carboxylic acid groups (broad SMARTS) is 1. The molecule has 1 atom stereocenters. The first-order valence-corrected chi connectivity index (χ1v) is 7.96. The quantitative estimate of drug-likeness (QED) is 0.815. The number of hydrogen-bond donors (Lipinski definition) is 1. The van der Waals surface area contributed by atoms with Gasteiger partial charge in [0.2, 0.25) is 11.7 Å². The zero-order chi connectivity index (χ0) is 18.7. The Hall–Kier alpha value is -2.89. The summed E-state index contributed by atoms with van der Waals surface area (Å²) in [6.45, 7) is 3.41. The van der Waals surface area contributed by atoms with Gasteiger partial charge in [-0.25, -0.2) is 4.79 Å². The van der Waals surface area contributed by atoms with Gasteiger partial charge in [0, 0.05) is 25.4 Å². The number of ketones is 1. The van der Waals surface area contributed by atoms with Crippen LogP contribution in [0.2, 0.25) is 0 Å². The molecule has 0 bridgehead atoms. The molecule has 0 saturated heterocycles. The maximum absolute atomic E-state index is 12.6. The number of rotatable bonds is 6. The lowest BCUT2D eigenvalue weighted by Crippen LogP contribution is -2.41. The normalized spacial score (nSPS) is 11.8. The number of nitrogens with zero attached hydrogens (tertiary/aromatic N) is 2. The minimum absolute atomic E-state index is 0.0335. The van der Waals surface area contributed by atoms with E-state index >= 15 is 0 Å². The Balaban J connectivity index is 2.18. The van der Waals surface area contributed by atoms with E-state index < -0.39 is 12.0 Å². The van der Waals surface area contributed by atoms with Gasteiger partial charge in [-0.1, -0.05) is 29.8 Å². The summed E-state index contributed by atoms with van der Waals surface area (Å²) in [6, 6.07) is 9.81. The third kappa shape index (κ3) is 3.96. The molecule has 0 spiro atoms. The SMILES string of the molecule is Cc1ccc(C(=O)c2ccc(CC(=O)N(C)[C@@H](C)C(=O)O)n2C)cc1. The highest BCUT2D eigenvalue weighted by Gasteiger charge is 2.23. The second kappa shape index (κ2) is 7.34. The Morgan fingerprint density at radius 3 is 2.28 bits per heavy atom. The van der Waals surface area contributed by atoms with Gasteiger partial charge in [-0.3, -0.25) is 9.59 Å². The van der Waals surface area contributed by atoms with Gasteiger partial charge < -0.3 is 14.6 Å². The average molecular weight is 342 g/mol. The molecule has 132 valence electrons. The number of aliphatic carboxylic acids is 1. The fourth-order valence-electron chi connectivity index (χ4n) is 2.47. The number of aryl methyl sites for hydroxylation is 1. The van der Waals surface area contributed by atoms with Crippen LogP contribution in [0.15, 0.2) is 36.4 Å². The summed E-state index contributed by atoms with van der Waals surface area (Å²) in [5.74, 6) is -1.49. The summed E-state index contributed by atoms with van der Waals surface area (Å²) in [5, 5.41) is 9.00. The number of aromatic nitrogens is 1. The average Bonchev–Trinajstić information content (AvgIpc) is 2.94. The third-order valence-electron chi connectivity index (χ3n) is 4.44. The highest BCUT2D eigenvalue weighted by molar-refractivity contribution is 6.08. The zero-order valence-electron chi connectivity index (χ0n) is 14.8. The van der Waals surface area contributed by atoms with Crippen LogP contribution < -0.4 is 0 Å². The minimum Gasteiger partial charge on any atom is -0.480 e. The molecule has 0 fully saturated rings. The van der Waals surface area contributed by atoms with Crippen LogP contribution in [-0.4, -0.2) is 45.3 Å². The van der Waals surface area contributed by atoms with E-state index in [1.807, 2.05) is 19.1 Å². The van der Waals surface area contributed by atoms with Crippen molar-refractivity contribution in [2.45, 2.75) is 26.3 Å². The number of amides is 1. The smallest absolute Gasteiger partial charge is 0.326 e. The fraction of sp³-hybridized carbons (Fsp3) is 0.316. The maximum atomic E-state index is 12.6. The van der Waals surface area contributed by atoms with Crippen molar-refractivity contribution in [3.8, 4) is 0 Å². The molecule has 1 amide bonds. The zero-order valence-corrected chi connectivity index (χ0v) is 14.8. The standard InChI is InChI=1S/C19H22N2O4/c1-12-5-7-14(8-6-12)18(23)16-10-9-15(21(16)4)11-17(22)20(3)13(2)19(24)25/h5-10,13H,11H2,1-4H3,(H,24,25)/t13-/m0/s1. The lowest BCUT2D eigenvalue weighted by atomic mass is 10.1. The molecule has 1 N–H and O–H groups in total. The van der Waals surface area contributed by atoms with Gasteiger partial charge in [-0.2, -0.15) is 0 Å². The van der Waals surface area contributed by atoms with Crippen molar-refractivity contribution in [3.63, 3.8) is 0 Å². The largest absolute Gasteiger partial charge is 0.480 e. The fourth-order valence-corrected chi connectivity index (χ4v) is 2.47. The first kappa shape index (κ1) is 18.4. The van der Waals surface area contributed by atoms with Crippen LogP contribution in [0.4, 0.5) is 0 Å². The lowest BCUT2D eigenvalue weighted by Gasteiger charge is -2.21. The van der Waals surface area contributed by atoms with Crippen molar-refractivity contribution in [2.24, 2.45) is 7.05 Å². The third-order valence-corrected chi connectivity index (χ3v) is 4.44. The minimum atomic E-state index is -1.06. The first-order valence-electron chi connectivity index (χ1n) is 7.96. The second-order valence-corrected chi connectivity index (χ2v) is 6.16. The van der Waals surface area contributed by atoms with Crippen molar-refractivity contribution >= 4 is 17.7 Å². The number of likely N-dealkylation sites (N-methyl/N-ethyl adjacent to an activating group) is 1. The Kier molecular flexibility index (Phi) is 5.41. The molecule has 0 unspecified atom stereocenters. The summed E-state index contributed by atoms with van der Waals surface area (Å²) < 4.78 is 1.68. The van der Waals surface area contributed by atoms with Gasteiger partial charge >= 0.3 is 5.97 Å². The molecule has 1 heterocycles. The number of benzene rings is 1. The Bertz CT molecular complexity index is 805. The molecule has 0 aliphatic heterocycles. The summed E-state index contributed by atoms with van der Waals surface area (Å²) in [5.41, 5.74) is 2.80. The van der Waals surface area contributed by atoms with Crippen LogP contribution >= 0.6 is 0 Å². The molecule has 0 saturated carbocycles. The molecular formula is C19H22N2O4. The number of hydrogen-bond acceptors (Lipinski definition) is 3. The molecule has 0 aliphatic carbocycles. The van der Waals surface area contributed by atoms with Crippen molar-refractivity contribution in [1.82, 2.24) is 9.47 Å². The highest BCUT2D eigenvalue weighted by Crippen LogP contribution is 2.15. The Morgan fingerprint density at radius 1 is 1.12 bits per heavy atom. The molecule has 6 heteroatoms. The highest BCUT2D eigenvalue weighted by atomic mass is 16.4. The molecule has 1 aromatic heterocycles. The van der Waals surface area contributed by atoms with Gasteiger partial charge in [0.1, 0.15) is 6.04 Å². The maximum Gasteiger partial charge on any atom is 0.326 e.